The van der Waals surface area contributed by atoms with Gasteiger partial charge in [-0.1, -0.05) is 125 Å². The van der Waals surface area contributed by atoms with E-state index in [2.05, 4.69) is 149 Å². The number of rotatable bonds is 2. The van der Waals surface area contributed by atoms with Crippen molar-refractivity contribution >= 4 is 32.8 Å². The summed E-state index contributed by atoms with van der Waals surface area (Å²) < 4.78 is 6.75. The lowest BCUT2D eigenvalue weighted by Crippen LogP contribution is -2.15. The Hall–Kier alpha value is -5.54. The molecule has 0 amide bonds. The van der Waals surface area contributed by atoms with Crippen LogP contribution in [0.1, 0.15) is 49.9 Å². The van der Waals surface area contributed by atoms with Gasteiger partial charge in [0.1, 0.15) is 11.2 Å². The van der Waals surface area contributed by atoms with Gasteiger partial charge in [0.05, 0.1) is 16.8 Å². The van der Waals surface area contributed by atoms with E-state index < -0.39 is 0 Å². The summed E-state index contributed by atoms with van der Waals surface area (Å²) in [5.41, 5.74) is 16.0. The summed E-state index contributed by atoms with van der Waals surface area (Å²) in [7, 11) is 0. The van der Waals surface area contributed by atoms with Crippen molar-refractivity contribution in [3.63, 3.8) is 0 Å². The number of aromatic nitrogens is 2. The van der Waals surface area contributed by atoms with Crippen LogP contribution in [0.4, 0.5) is 0 Å². The Balaban J connectivity index is 1.21. The molecule has 3 heteroatoms. The molecule has 2 heterocycles. The minimum Gasteiger partial charge on any atom is -0.455 e. The third-order valence-electron chi connectivity index (χ3n) is 10.9. The van der Waals surface area contributed by atoms with Crippen LogP contribution in [-0.2, 0) is 10.8 Å². The zero-order valence-corrected chi connectivity index (χ0v) is 26.8. The van der Waals surface area contributed by atoms with Crippen molar-refractivity contribution in [2.75, 3.05) is 0 Å². The van der Waals surface area contributed by atoms with Crippen LogP contribution in [0.3, 0.4) is 0 Å². The molecule has 6 aromatic carbocycles. The molecule has 0 N–H and O–H groups in total. The third kappa shape index (κ3) is 3.46. The topological polar surface area (TPSA) is 38.9 Å². The van der Waals surface area contributed by atoms with Gasteiger partial charge >= 0.3 is 0 Å². The Morgan fingerprint density at radius 2 is 1.17 bits per heavy atom. The molecule has 0 fully saturated rings. The molecule has 10 rings (SSSR count). The van der Waals surface area contributed by atoms with Crippen molar-refractivity contribution in [1.82, 2.24) is 9.97 Å². The number of nitrogens with zero attached hydrogens (tertiary/aromatic N) is 2. The molecule has 8 aromatic rings. The van der Waals surface area contributed by atoms with Gasteiger partial charge in [-0.25, -0.2) is 9.97 Å². The van der Waals surface area contributed by atoms with E-state index in [1.807, 2.05) is 0 Å². The smallest absolute Gasteiger partial charge is 0.164 e. The zero-order valence-electron chi connectivity index (χ0n) is 26.8. The SMILES string of the molecule is CC1(C)c2ccccc2-c2ccc(-c3nc(-c4cccc5c4oc4ccc6c(c45)-c4ccccc4C6(C)C)nc4ccccc34)cc21. The Morgan fingerprint density at radius 1 is 0.511 bits per heavy atom. The third-order valence-corrected chi connectivity index (χ3v) is 10.9. The van der Waals surface area contributed by atoms with Crippen molar-refractivity contribution in [3.05, 3.63) is 144 Å². The highest BCUT2D eigenvalue weighted by Gasteiger charge is 2.38. The fraction of sp³-hybridized carbons (Fsp3) is 0.136. The lowest BCUT2D eigenvalue weighted by Gasteiger charge is -2.22. The highest BCUT2D eigenvalue weighted by molar-refractivity contribution is 6.17. The van der Waals surface area contributed by atoms with Gasteiger partial charge in [0.2, 0.25) is 0 Å². The fourth-order valence-electron chi connectivity index (χ4n) is 8.53. The van der Waals surface area contributed by atoms with E-state index in [0.29, 0.717) is 5.82 Å². The molecule has 3 nitrogen and oxygen atoms in total. The minimum atomic E-state index is -0.0963. The summed E-state index contributed by atoms with van der Waals surface area (Å²) in [5.74, 6) is 0.670. The Labute approximate surface area is 273 Å². The normalized spacial score (nSPS) is 15.1. The van der Waals surface area contributed by atoms with E-state index in [9.17, 15) is 0 Å². The summed E-state index contributed by atoms with van der Waals surface area (Å²) in [5, 5.41) is 3.30. The summed E-state index contributed by atoms with van der Waals surface area (Å²) >= 11 is 0. The van der Waals surface area contributed by atoms with E-state index in [0.717, 1.165) is 44.3 Å². The standard InChI is InChI=1S/C44H32N2O/c1-43(2)33-18-9-6-13-28(33)38-34(43)22-23-37-39(38)30-15-11-16-31(41(30)47-37)42-45-36-19-10-7-14-29(36)40(46-42)25-20-21-27-26-12-5-8-17-32(26)44(3,4)35(27)24-25/h5-24H,1-4H3. The average molecular weight is 605 g/mol. The van der Waals surface area contributed by atoms with Gasteiger partial charge in [-0.2, -0.15) is 0 Å². The quantitative estimate of drug-likeness (QED) is 0.197. The molecular formula is C44H32N2O. The second-order valence-corrected chi connectivity index (χ2v) is 14.2. The maximum Gasteiger partial charge on any atom is 0.164 e. The molecular weight excluding hydrogens is 572 g/mol. The van der Waals surface area contributed by atoms with Gasteiger partial charge in [-0.3, -0.25) is 0 Å². The molecule has 0 saturated carbocycles. The molecule has 0 spiro atoms. The fourth-order valence-corrected chi connectivity index (χ4v) is 8.53. The Bertz CT molecular complexity index is 2640. The van der Waals surface area contributed by atoms with Crippen LogP contribution in [0.25, 0.3) is 77.7 Å². The molecule has 2 aliphatic carbocycles. The maximum atomic E-state index is 6.75. The molecule has 0 unspecified atom stereocenters. The Morgan fingerprint density at radius 3 is 2.02 bits per heavy atom. The number of hydrogen-bond acceptors (Lipinski definition) is 3. The van der Waals surface area contributed by atoms with Crippen LogP contribution in [0.15, 0.2) is 126 Å². The summed E-state index contributed by atoms with van der Waals surface area (Å²) in [6.45, 7) is 9.29. The largest absolute Gasteiger partial charge is 0.455 e. The number of benzene rings is 6. The summed E-state index contributed by atoms with van der Waals surface area (Å²) in [4.78, 5) is 10.5. The first-order valence-corrected chi connectivity index (χ1v) is 16.4. The van der Waals surface area contributed by atoms with Crippen molar-refractivity contribution in [2.45, 2.75) is 38.5 Å². The molecule has 0 bridgehead atoms. The number of furan rings is 1. The second-order valence-electron chi connectivity index (χ2n) is 14.2. The molecule has 0 saturated heterocycles. The van der Waals surface area contributed by atoms with Gasteiger partial charge in [-0.05, 0) is 68.8 Å². The second kappa shape index (κ2) is 9.04. The van der Waals surface area contributed by atoms with Gasteiger partial charge < -0.3 is 4.42 Å². The first-order valence-electron chi connectivity index (χ1n) is 16.4. The van der Waals surface area contributed by atoms with Gasteiger partial charge in [0.15, 0.2) is 5.82 Å². The van der Waals surface area contributed by atoms with Crippen molar-refractivity contribution in [2.24, 2.45) is 0 Å². The highest BCUT2D eigenvalue weighted by atomic mass is 16.3. The van der Waals surface area contributed by atoms with Crippen molar-refractivity contribution in [1.29, 1.82) is 0 Å². The van der Waals surface area contributed by atoms with Gasteiger partial charge in [0.25, 0.3) is 0 Å². The van der Waals surface area contributed by atoms with Crippen LogP contribution in [-0.4, -0.2) is 9.97 Å². The van der Waals surface area contributed by atoms with E-state index in [4.69, 9.17) is 14.4 Å². The van der Waals surface area contributed by atoms with E-state index in [1.165, 1.54) is 49.9 Å². The molecule has 2 aromatic heterocycles. The molecule has 0 radical (unpaired) electrons. The van der Waals surface area contributed by atoms with Crippen LogP contribution in [0.2, 0.25) is 0 Å². The Kier molecular flexibility index (Phi) is 5.13. The van der Waals surface area contributed by atoms with Gasteiger partial charge in [0, 0.05) is 32.6 Å². The summed E-state index contributed by atoms with van der Waals surface area (Å²) in [6.07, 6.45) is 0. The molecule has 47 heavy (non-hydrogen) atoms. The highest BCUT2D eigenvalue weighted by Crippen LogP contribution is 2.54. The van der Waals surface area contributed by atoms with E-state index >= 15 is 0 Å². The summed E-state index contributed by atoms with van der Waals surface area (Å²) in [6, 6.07) is 43.5. The first-order chi connectivity index (χ1) is 22.8. The molecule has 224 valence electrons. The molecule has 2 aliphatic rings. The van der Waals surface area contributed by atoms with Crippen molar-refractivity contribution < 1.29 is 4.42 Å². The molecule has 0 atom stereocenters. The van der Waals surface area contributed by atoms with E-state index in [-0.39, 0.29) is 10.8 Å². The predicted molar refractivity (Wildman–Crippen MR) is 193 cm³/mol. The lowest BCUT2D eigenvalue weighted by molar-refractivity contribution is 0.657. The monoisotopic (exact) mass is 604 g/mol. The van der Waals surface area contributed by atoms with Gasteiger partial charge in [-0.15, -0.1) is 0 Å². The van der Waals surface area contributed by atoms with Crippen LogP contribution in [0, 0.1) is 0 Å². The van der Waals surface area contributed by atoms with Crippen LogP contribution < -0.4 is 0 Å². The van der Waals surface area contributed by atoms with Crippen molar-refractivity contribution in [3.8, 4) is 44.9 Å². The van der Waals surface area contributed by atoms with E-state index in [1.54, 1.807) is 0 Å². The zero-order chi connectivity index (χ0) is 31.7. The first kappa shape index (κ1) is 26.7. The minimum absolute atomic E-state index is 0.0799. The lowest BCUT2D eigenvalue weighted by atomic mass is 9.82. The maximum absolute atomic E-state index is 6.75. The van der Waals surface area contributed by atoms with Crippen LogP contribution >= 0.6 is 0 Å². The average Bonchev–Trinajstić information content (AvgIpc) is 3.67. The number of fused-ring (bicyclic) bond motifs is 11. The van der Waals surface area contributed by atoms with Crippen LogP contribution in [0.5, 0.6) is 0 Å². The number of para-hydroxylation sites is 2. The number of hydrogen-bond donors (Lipinski definition) is 0. The predicted octanol–water partition coefficient (Wildman–Crippen LogP) is 11.5. The molecule has 0 aliphatic heterocycles.